The number of nitrogens with one attached hydrogen (secondary N) is 2. The molecular weight excluding hydrogens is 508 g/mol. The molecule has 0 aromatic heterocycles. The van der Waals surface area contributed by atoms with Gasteiger partial charge in [0.1, 0.15) is 21.3 Å². The summed E-state index contributed by atoms with van der Waals surface area (Å²) >= 11 is 0. The minimum Gasteiger partial charge on any atom is -0.495 e. The van der Waals surface area contributed by atoms with Crippen molar-refractivity contribution in [1.29, 1.82) is 0 Å². The van der Waals surface area contributed by atoms with Gasteiger partial charge in [-0.05, 0) is 75.2 Å². The highest BCUT2D eigenvalue weighted by Gasteiger charge is 2.20. The van der Waals surface area contributed by atoms with Crippen molar-refractivity contribution in [1.82, 2.24) is 9.66 Å². The first-order valence-corrected chi connectivity index (χ1v) is 13.3. The van der Waals surface area contributed by atoms with Crippen LogP contribution >= 0.6 is 0 Å². The molecule has 2 N–H and O–H groups in total. The molecule has 14 heteroatoms. The van der Waals surface area contributed by atoms with Crippen LogP contribution < -0.4 is 19.1 Å². The van der Waals surface area contributed by atoms with Crippen LogP contribution in [0.25, 0.3) is 0 Å². The van der Waals surface area contributed by atoms with Crippen LogP contribution in [-0.2, 0) is 20.0 Å². The quantitative estimate of drug-likeness (QED) is 0.331. The number of methoxy groups -OCH3 is 2. The van der Waals surface area contributed by atoms with E-state index in [-0.39, 0.29) is 21.3 Å². The van der Waals surface area contributed by atoms with Gasteiger partial charge in [-0.15, -0.1) is 0 Å². The molecule has 2 aromatic rings. The molecule has 0 unspecified atom stereocenters. The smallest absolute Gasteiger partial charge is 0.280 e. The lowest BCUT2D eigenvalue weighted by atomic mass is 10.2. The van der Waals surface area contributed by atoms with Crippen LogP contribution in [0.1, 0.15) is 38.8 Å². The minimum absolute atomic E-state index is 0.120. The van der Waals surface area contributed by atoms with E-state index in [0.29, 0.717) is 22.6 Å². The third-order valence-electron chi connectivity index (χ3n) is 4.21. The summed E-state index contributed by atoms with van der Waals surface area (Å²) in [4.78, 5) is 4.04. The van der Waals surface area contributed by atoms with Crippen LogP contribution in [0.3, 0.4) is 0 Å². The highest BCUT2D eigenvalue weighted by Crippen LogP contribution is 2.25. The van der Waals surface area contributed by atoms with Crippen LogP contribution in [0.4, 0.5) is 0 Å². The summed E-state index contributed by atoms with van der Waals surface area (Å²) in [6.45, 7) is 6.61. The van der Waals surface area contributed by atoms with Crippen LogP contribution in [0, 0.1) is 0 Å². The number of nitrogens with zero attached hydrogens (tertiary/aromatic N) is 4. The topological polar surface area (TPSA) is 160 Å². The number of hydrogen-bond donors (Lipinski definition) is 2. The Morgan fingerprint density at radius 2 is 1.06 bits per heavy atom. The number of hydrogen-bond acceptors (Lipinski definition) is 10. The van der Waals surface area contributed by atoms with Crippen molar-refractivity contribution < 1.29 is 26.3 Å². The summed E-state index contributed by atoms with van der Waals surface area (Å²) in [6.07, 6.45) is 2.68. The molecule has 0 aliphatic rings. The molecule has 0 atom stereocenters. The summed E-state index contributed by atoms with van der Waals surface area (Å²) in [5, 5.41) is 15.3. The Morgan fingerprint density at radius 1 is 0.694 bits per heavy atom. The fraction of sp³-hybridized carbons (Fsp3) is 0.273. The monoisotopic (exact) mass is 536 g/mol. The molecule has 0 fully saturated rings. The average molecular weight is 537 g/mol. The molecule has 0 aliphatic carbocycles. The Balaban J connectivity index is 2.31. The zero-order chi connectivity index (χ0) is 26.9. The molecule has 0 radical (unpaired) electrons. The van der Waals surface area contributed by atoms with E-state index in [2.05, 4.69) is 30.1 Å². The Hall–Kier alpha value is -3.78. The van der Waals surface area contributed by atoms with E-state index in [9.17, 15) is 16.8 Å². The second-order valence-electron chi connectivity index (χ2n) is 7.62. The van der Waals surface area contributed by atoms with Crippen LogP contribution in [0.5, 0.6) is 11.5 Å². The summed E-state index contributed by atoms with van der Waals surface area (Å²) in [5.74, 6) is 0.269. The predicted molar refractivity (Wildman–Crippen MR) is 139 cm³/mol. The summed E-state index contributed by atoms with van der Waals surface area (Å²) < 4.78 is 60.7. The first-order valence-electron chi connectivity index (χ1n) is 10.4. The maximum Gasteiger partial charge on any atom is 0.280 e. The summed E-state index contributed by atoms with van der Waals surface area (Å²) in [7, 11) is -5.24. The molecule has 2 rings (SSSR count). The third kappa shape index (κ3) is 7.88. The Kier molecular flexibility index (Phi) is 9.69. The van der Waals surface area contributed by atoms with Crippen molar-refractivity contribution in [2.75, 3.05) is 14.2 Å². The molecule has 36 heavy (non-hydrogen) atoms. The largest absolute Gasteiger partial charge is 0.495 e. The molecule has 0 aliphatic heterocycles. The van der Waals surface area contributed by atoms with Crippen molar-refractivity contribution in [3.63, 3.8) is 0 Å². The van der Waals surface area contributed by atoms with E-state index < -0.39 is 20.0 Å². The average Bonchev–Trinajstić information content (AvgIpc) is 2.84. The van der Waals surface area contributed by atoms with Crippen molar-refractivity contribution in [2.45, 2.75) is 37.5 Å². The fourth-order valence-electron chi connectivity index (χ4n) is 2.57. The van der Waals surface area contributed by atoms with Gasteiger partial charge in [-0.1, -0.05) is 0 Å². The van der Waals surface area contributed by atoms with E-state index in [1.54, 1.807) is 39.8 Å². The first-order chi connectivity index (χ1) is 16.9. The molecule has 12 nitrogen and oxygen atoms in total. The lowest BCUT2D eigenvalue weighted by Crippen LogP contribution is -2.20. The van der Waals surface area contributed by atoms with Gasteiger partial charge in [-0.2, -0.15) is 37.2 Å². The van der Waals surface area contributed by atoms with Gasteiger partial charge in [-0.3, -0.25) is 0 Å². The van der Waals surface area contributed by atoms with E-state index in [0.717, 1.165) is 0 Å². The van der Waals surface area contributed by atoms with E-state index in [1.165, 1.54) is 50.9 Å². The molecule has 0 spiro atoms. The molecule has 2 aromatic carbocycles. The van der Waals surface area contributed by atoms with E-state index >= 15 is 0 Å². The lowest BCUT2D eigenvalue weighted by Gasteiger charge is -2.10. The fourth-order valence-corrected chi connectivity index (χ4v) is 4.79. The second kappa shape index (κ2) is 12.3. The zero-order valence-electron chi connectivity index (χ0n) is 20.7. The Morgan fingerprint density at radius 3 is 1.36 bits per heavy atom. The molecule has 0 heterocycles. The number of rotatable bonds is 11. The normalized spacial score (nSPS) is 11.8. The van der Waals surface area contributed by atoms with Gasteiger partial charge < -0.3 is 9.47 Å². The molecular formula is C22H28N6O6S2. The molecule has 0 bridgehead atoms. The van der Waals surface area contributed by atoms with Gasteiger partial charge in [0.25, 0.3) is 20.0 Å². The second-order valence-corrected chi connectivity index (χ2v) is 10.9. The number of sulfonamides is 2. The molecule has 0 saturated carbocycles. The minimum atomic E-state index is -3.98. The van der Waals surface area contributed by atoms with Gasteiger partial charge in [0.05, 0.1) is 26.6 Å². The standard InChI is InChI=1S/C22H28N6O6S2/c1-15(2)25-27-35(29,30)21-11-17(7-9-19(21)33-5)13-23-24-14-18-8-10-20(34-6)22(12-18)36(31,32)28-26-16(3)4/h7-14,27-28H,1-6H3/b23-13-,24-14-. The predicted octanol–water partition coefficient (Wildman–Crippen LogP) is 2.51. The maximum atomic E-state index is 12.6. The van der Waals surface area contributed by atoms with Crippen molar-refractivity contribution >= 4 is 43.9 Å². The highest BCUT2D eigenvalue weighted by molar-refractivity contribution is 7.89. The molecule has 0 amide bonds. The van der Waals surface area contributed by atoms with Gasteiger partial charge in [0.15, 0.2) is 0 Å². The Labute approximate surface area is 210 Å². The highest BCUT2D eigenvalue weighted by atomic mass is 32.2. The Bertz CT molecular complexity index is 1310. The first kappa shape index (κ1) is 28.5. The van der Waals surface area contributed by atoms with Crippen molar-refractivity contribution in [3.05, 3.63) is 47.5 Å². The van der Waals surface area contributed by atoms with E-state index in [1.807, 2.05) is 0 Å². The number of ether oxygens (including phenoxy) is 2. The molecule has 0 saturated heterocycles. The third-order valence-corrected chi connectivity index (χ3v) is 6.67. The summed E-state index contributed by atoms with van der Waals surface area (Å²) in [5.41, 5.74) is 1.92. The van der Waals surface area contributed by atoms with Gasteiger partial charge in [0, 0.05) is 11.4 Å². The molecule has 194 valence electrons. The van der Waals surface area contributed by atoms with Gasteiger partial charge in [-0.25, -0.2) is 9.66 Å². The number of hydrazone groups is 2. The van der Waals surface area contributed by atoms with Crippen LogP contribution in [0.15, 0.2) is 66.6 Å². The van der Waals surface area contributed by atoms with Gasteiger partial charge in [0.2, 0.25) is 0 Å². The SMILES string of the molecule is COc1ccc(/C=N\N=C/c2ccc(OC)c(S(=O)(=O)NN=C(C)C)c2)cc1S(=O)(=O)NN=C(C)C. The van der Waals surface area contributed by atoms with Crippen molar-refractivity contribution in [2.24, 2.45) is 20.4 Å². The van der Waals surface area contributed by atoms with Crippen LogP contribution in [0.2, 0.25) is 0 Å². The lowest BCUT2D eigenvalue weighted by molar-refractivity contribution is 0.402. The van der Waals surface area contributed by atoms with Crippen molar-refractivity contribution in [3.8, 4) is 11.5 Å². The van der Waals surface area contributed by atoms with Crippen LogP contribution in [-0.4, -0.2) is 54.9 Å². The van der Waals surface area contributed by atoms with E-state index in [4.69, 9.17) is 9.47 Å². The number of benzene rings is 2. The summed E-state index contributed by atoms with van der Waals surface area (Å²) in [6, 6.07) is 8.89. The maximum absolute atomic E-state index is 12.6. The van der Waals surface area contributed by atoms with Gasteiger partial charge >= 0.3 is 0 Å². The zero-order valence-corrected chi connectivity index (χ0v) is 22.3.